The van der Waals surface area contributed by atoms with Gasteiger partial charge in [0.05, 0.1) is 0 Å². The van der Waals surface area contributed by atoms with Gasteiger partial charge in [-0.1, -0.05) is 103 Å². The normalized spacial score (nSPS) is 13.3. The number of quaternary nitrogens is 1. The van der Waals surface area contributed by atoms with Gasteiger partial charge in [-0.2, -0.15) is 10.4 Å². The van der Waals surface area contributed by atoms with Crippen LogP contribution in [0.1, 0.15) is 130 Å². The van der Waals surface area contributed by atoms with Gasteiger partial charge in [-0.3, -0.25) is 0 Å². The Morgan fingerprint density at radius 1 is 0.560 bits per heavy atom. The van der Waals surface area contributed by atoms with E-state index >= 15 is 0 Å². The third-order valence-electron chi connectivity index (χ3n) is 5.65. The molecular weight excluding hydrogens is 310 g/mol. The Balaban J connectivity index is 3.17. The van der Waals surface area contributed by atoms with E-state index in [9.17, 15) is 10.4 Å². The zero-order valence-corrected chi connectivity index (χ0v) is 17.6. The Kier molecular flexibility index (Phi) is 17.2. The second-order valence-corrected chi connectivity index (χ2v) is 8.04. The van der Waals surface area contributed by atoms with Crippen LogP contribution in [-0.2, 0) is 0 Å². The molecule has 2 N–H and O–H groups in total. The van der Waals surface area contributed by atoms with Crippen molar-refractivity contribution in [2.24, 2.45) is 0 Å². The van der Waals surface area contributed by atoms with Crippen molar-refractivity contribution in [1.29, 1.82) is 0 Å². The summed E-state index contributed by atoms with van der Waals surface area (Å²) in [6, 6.07) is -0.0726. The Bertz CT molecular complexity index is 269. The first-order chi connectivity index (χ1) is 12.0. The van der Waals surface area contributed by atoms with E-state index < -0.39 is 4.81 Å². The molecule has 152 valence electrons. The minimum atomic E-state index is -0.821. The van der Waals surface area contributed by atoms with Gasteiger partial charge in [0.15, 0.2) is 0 Å². The molecule has 0 aliphatic carbocycles. The smallest absolute Gasteiger partial charge is 0.149 e. The average molecular weight is 359 g/mol. The SMILES string of the molecule is CCCCCCCCCCCCCCCCCCC(C)[N+](O)(O)CC. The summed E-state index contributed by atoms with van der Waals surface area (Å²) in [6.07, 6.45) is 22.9. The highest BCUT2D eigenvalue weighted by molar-refractivity contribution is 4.52. The maximum absolute atomic E-state index is 9.71. The topological polar surface area (TPSA) is 40.5 Å². The van der Waals surface area contributed by atoms with Gasteiger partial charge in [0.2, 0.25) is 0 Å². The van der Waals surface area contributed by atoms with Crippen LogP contribution in [0.25, 0.3) is 0 Å². The summed E-state index contributed by atoms with van der Waals surface area (Å²) >= 11 is 0. The number of rotatable bonds is 19. The third kappa shape index (κ3) is 15.8. The first kappa shape index (κ1) is 24.9. The van der Waals surface area contributed by atoms with Crippen LogP contribution in [0.2, 0.25) is 0 Å². The Labute approximate surface area is 158 Å². The van der Waals surface area contributed by atoms with Crippen molar-refractivity contribution in [3.05, 3.63) is 0 Å². The fourth-order valence-corrected chi connectivity index (χ4v) is 3.51. The minimum absolute atomic E-state index is 0.0726. The van der Waals surface area contributed by atoms with E-state index in [4.69, 9.17) is 0 Å². The lowest BCUT2D eigenvalue weighted by molar-refractivity contribution is -1.26. The molecule has 0 fully saturated rings. The minimum Gasteiger partial charge on any atom is -0.182 e. The van der Waals surface area contributed by atoms with Crippen molar-refractivity contribution in [1.82, 2.24) is 0 Å². The van der Waals surface area contributed by atoms with Crippen molar-refractivity contribution >= 4 is 0 Å². The summed E-state index contributed by atoms with van der Waals surface area (Å²) < 4.78 is 0. The fourth-order valence-electron chi connectivity index (χ4n) is 3.51. The van der Waals surface area contributed by atoms with E-state index in [1.165, 1.54) is 96.3 Å². The van der Waals surface area contributed by atoms with Gasteiger partial charge in [0, 0.05) is 6.42 Å². The Morgan fingerprint density at radius 2 is 0.880 bits per heavy atom. The van der Waals surface area contributed by atoms with Gasteiger partial charge in [-0.05, 0) is 25.1 Å². The molecule has 0 aromatic heterocycles. The molecule has 0 saturated heterocycles. The zero-order chi connectivity index (χ0) is 18.8. The molecule has 25 heavy (non-hydrogen) atoms. The van der Waals surface area contributed by atoms with Crippen LogP contribution in [0.5, 0.6) is 0 Å². The monoisotopic (exact) mass is 358 g/mol. The maximum Gasteiger partial charge on any atom is 0.149 e. The first-order valence-electron chi connectivity index (χ1n) is 11.4. The van der Waals surface area contributed by atoms with Crippen molar-refractivity contribution in [2.45, 2.75) is 136 Å². The summed E-state index contributed by atoms with van der Waals surface area (Å²) in [6.45, 7) is 6.38. The molecule has 0 saturated carbocycles. The summed E-state index contributed by atoms with van der Waals surface area (Å²) in [5.74, 6) is 0. The molecule has 1 atom stereocenters. The average Bonchev–Trinajstić information content (AvgIpc) is 2.61. The Hall–Kier alpha value is -0.120. The first-order valence-corrected chi connectivity index (χ1v) is 11.4. The number of hydrogen-bond donors (Lipinski definition) is 2. The molecule has 0 aromatic rings. The molecule has 0 rings (SSSR count). The molecule has 0 spiro atoms. The highest BCUT2D eigenvalue weighted by Crippen LogP contribution is 2.16. The second-order valence-electron chi connectivity index (χ2n) is 8.04. The predicted octanol–water partition coefficient (Wildman–Crippen LogP) is 7.64. The van der Waals surface area contributed by atoms with Crippen LogP contribution < -0.4 is 0 Å². The highest BCUT2D eigenvalue weighted by Gasteiger charge is 2.28. The van der Waals surface area contributed by atoms with Gasteiger partial charge in [0.25, 0.3) is 0 Å². The van der Waals surface area contributed by atoms with Crippen LogP contribution in [0.15, 0.2) is 0 Å². The quantitative estimate of drug-likeness (QED) is 0.141. The van der Waals surface area contributed by atoms with Crippen LogP contribution >= 0.6 is 0 Å². The van der Waals surface area contributed by atoms with Gasteiger partial charge in [-0.15, -0.1) is 0 Å². The number of nitrogens with zero attached hydrogens (tertiary/aromatic N) is 1. The second kappa shape index (κ2) is 17.3. The van der Waals surface area contributed by atoms with E-state index in [0.29, 0.717) is 6.54 Å². The molecule has 0 amide bonds. The summed E-state index contributed by atoms with van der Waals surface area (Å²) in [5.41, 5.74) is 0. The number of hydrogen-bond acceptors (Lipinski definition) is 2. The van der Waals surface area contributed by atoms with Crippen molar-refractivity contribution in [3.8, 4) is 0 Å². The zero-order valence-electron chi connectivity index (χ0n) is 17.6. The molecule has 3 heteroatoms. The molecule has 1 unspecified atom stereocenters. The molecule has 0 aliphatic rings. The molecule has 0 heterocycles. The van der Waals surface area contributed by atoms with E-state index in [0.717, 1.165) is 12.8 Å². The molecule has 0 radical (unpaired) electrons. The Morgan fingerprint density at radius 3 is 1.20 bits per heavy atom. The lowest BCUT2D eigenvalue weighted by Crippen LogP contribution is -2.48. The van der Waals surface area contributed by atoms with E-state index in [-0.39, 0.29) is 6.04 Å². The van der Waals surface area contributed by atoms with Crippen molar-refractivity contribution in [3.63, 3.8) is 0 Å². The summed E-state index contributed by atoms with van der Waals surface area (Å²) in [5, 5.41) is 19.4. The molecule has 0 bridgehead atoms. The van der Waals surface area contributed by atoms with Gasteiger partial charge in [0.1, 0.15) is 12.6 Å². The lowest BCUT2D eigenvalue weighted by Gasteiger charge is -2.26. The third-order valence-corrected chi connectivity index (χ3v) is 5.65. The van der Waals surface area contributed by atoms with Gasteiger partial charge >= 0.3 is 0 Å². The highest BCUT2D eigenvalue weighted by atomic mass is 16.8. The van der Waals surface area contributed by atoms with Crippen LogP contribution in [-0.4, -0.2) is 27.8 Å². The van der Waals surface area contributed by atoms with E-state index in [1.54, 1.807) is 0 Å². The fraction of sp³-hybridized carbons (Fsp3) is 1.00. The van der Waals surface area contributed by atoms with Crippen molar-refractivity contribution < 1.29 is 15.2 Å². The molecule has 0 aliphatic heterocycles. The maximum atomic E-state index is 9.71. The van der Waals surface area contributed by atoms with E-state index in [2.05, 4.69) is 6.92 Å². The van der Waals surface area contributed by atoms with Gasteiger partial charge < -0.3 is 0 Å². The molecule has 3 nitrogen and oxygen atoms in total. The lowest BCUT2D eigenvalue weighted by atomic mass is 10.0. The van der Waals surface area contributed by atoms with Gasteiger partial charge in [-0.25, -0.2) is 0 Å². The summed E-state index contributed by atoms with van der Waals surface area (Å²) in [7, 11) is 0. The van der Waals surface area contributed by atoms with Crippen LogP contribution in [0.4, 0.5) is 0 Å². The standard InChI is InChI=1S/C22H48NO2/c1-4-6-7-8-9-10-11-12-13-14-15-16-17-18-19-20-21-22(3)23(24,25)5-2/h22,24-25H,4-21H2,1-3H3/q+1. The molecule has 0 aromatic carbocycles. The number of unbranched alkanes of at least 4 members (excludes halogenated alkanes) is 15. The summed E-state index contributed by atoms with van der Waals surface area (Å²) in [4.78, 5) is -0.821. The number of hydroxylamine groups is 4. The molecular formula is C22H48NO2+. The van der Waals surface area contributed by atoms with E-state index in [1.807, 2.05) is 13.8 Å². The van der Waals surface area contributed by atoms with Crippen LogP contribution in [0, 0.1) is 0 Å². The largest absolute Gasteiger partial charge is 0.182 e. The van der Waals surface area contributed by atoms with Crippen LogP contribution in [0.3, 0.4) is 0 Å². The predicted molar refractivity (Wildman–Crippen MR) is 108 cm³/mol. The van der Waals surface area contributed by atoms with Crippen molar-refractivity contribution in [2.75, 3.05) is 6.54 Å².